The van der Waals surface area contributed by atoms with E-state index in [9.17, 15) is 14.9 Å². The van der Waals surface area contributed by atoms with E-state index in [4.69, 9.17) is 16.3 Å². The molecule has 0 saturated heterocycles. The number of nitro benzene ring substituents is 1. The number of carbonyl (C=O) groups excluding carboxylic acids is 1. The fraction of sp³-hybridized carbons (Fsp3) is 0. The fourth-order valence-corrected chi connectivity index (χ4v) is 2.43. The molecular weight excluding hydrogens is 366 g/mol. The third kappa shape index (κ3) is 5.03. The molecule has 0 heterocycles. The van der Waals surface area contributed by atoms with Crippen molar-refractivity contribution in [1.82, 2.24) is 0 Å². The highest BCUT2D eigenvalue weighted by molar-refractivity contribution is 6.30. The SMILES string of the molecule is O=C(/C=C/c1ccc(Cl)cc1)c1ccc(Oc2ccc([N+](=O)[O-])cc2)cc1. The number of hydrogen-bond acceptors (Lipinski definition) is 4. The van der Waals surface area contributed by atoms with Crippen molar-refractivity contribution in [3.63, 3.8) is 0 Å². The van der Waals surface area contributed by atoms with Crippen LogP contribution in [0.25, 0.3) is 6.08 Å². The maximum Gasteiger partial charge on any atom is 0.269 e. The first-order valence-electron chi connectivity index (χ1n) is 8.01. The predicted octanol–water partition coefficient (Wildman–Crippen LogP) is 5.94. The van der Waals surface area contributed by atoms with Crippen molar-refractivity contribution in [2.45, 2.75) is 0 Å². The third-order valence-electron chi connectivity index (χ3n) is 3.72. The smallest absolute Gasteiger partial charge is 0.269 e. The second-order valence-electron chi connectivity index (χ2n) is 5.63. The van der Waals surface area contributed by atoms with Crippen LogP contribution < -0.4 is 4.74 Å². The highest BCUT2D eigenvalue weighted by Gasteiger charge is 2.06. The Kier molecular flexibility index (Phi) is 5.64. The molecule has 0 unspecified atom stereocenters. The molecule has 3 aromatic carbocycles. The Balaban J connectivity index is 1.64. The number of nitro groups is 1. The molecule has 0 spiro atoms. The standard InChI is InChI=1S/C21H14ClNO4/c22-17-6-1-15(2-7-17)3-14-21(24)16-4-10-19(11-5-16)27-20-12-8-18(9-13-20)23(25)26/h1-14H/b14-3+. The molecule has 0 aliphatic carbocycles. The Bertz CT molecular complexity index is 978. The Morgan fingerprint density at radius 3 is 2.00 bits per heavy atom. The predicted molar refractivity (Wildman–Crippen MR) is 104 cm³/mol. The number of halogens is 1. The largest absolute Gasteiger partial charge is 0.457 e. The second-order valence-corrected chi connectivity index (χ2v) is 6.06. The molecule has 0 aliphatic heterocycles. The van der Waals surface area contributed by atoms with Crippen molar-refractivity contribution in [1.29, 1.82) is 0 Å². The number of benzene rings is 3. The van der Waals surface area contributed by atoms with E-state index >= 15 is 0 Å². The van der Waals surface area contributed by atoms with E-state index in [1.165, 1.54) is 30.3 Å². The first-order chi connectivity index (χ1) is 13.0. The molecule has 6 heteroatoms. The fourth-order valence-electron chi connectivity index (χ4n) is 2.30. The quantitative estimate of drug-likeness (QED) is 0.230. The molecule has 3 aromatic rings. The lowest BCUT2D eigenvalue weighted by atomic mass is 10.1. The number of rotatable bonds is 6. The van der Waals surface area contributed by atoms with Gasteiger partial charge in [0.15, 0.2) is 5.78 Å². The zero-order valence-corrected chi connectivity index (χ0v) is 14.8. The van der Waals surface area contributed by atoms with Gasteiger partial charge in [-0.25, -0.2) is 0 Å². The number of non-ortho nitro benzene ring substituents is 1. The summed E-state index contributed by atoms with van der Waals surface area (Å²) in [5.41, 5.74) is 1.40. The van der Waals surface area contributed by atoms with Gasteiger partial charge in [-0.15, -0.1) is 0 Å². The highest BCUT2D eigenvalue weighted by Crippen LogP contribution is 2.24. The van der Waals surface area contributed by atoms with Crippen molar-refractivity contribution in [2.24, 2.45) is 0 Å². The number of ketones is 1. The summed E-state index contributed by atoms with van der Waals surface area (Å²) in [6.07, 6.45) is 3.22. The van der Waals surface area contributed by atoms with Gasteiger partial charge in [-0.1, -0.05) is 29.8 Å². The van der Waals surface area contributed by atoms with Crippen molar-refractivity contribution in [2.75, 3.05) is 0 Å². The van der Waals surface area contributed by atoms with E-state index in [1.807, 2.05) is 12.1 Å². The van der Waals surface area contributed by atoms with Crippen LogP contribution in [0.4, 0.5) is 5.69 Å². The van der Waals surface area contributed by atoms with E-state index < -0.39 is 4.92 Å². The molecule has 27 heavy (non-hydrogen) atoms. The normalized spacial score (nSPS) is 10.7. The van der Waals surface area contributed by atoms with Crippen LogP contribution in [0.2, 0.25) is 5.02 Å². The molecule has 0 atom stereocenters. The Labute approximate surface area is 160 Å². The summed E-state index contributed by atoms with van der Waals surface area (Å²) < 4.78 is 5.62. The number of carbonyl (C=O) groups is 1. The lowest BCUT2D eigenvalue weighted by Crippen LogP contribution is -1.94. The maximum absolute atomic E-state index is 12.2. The Morgan fingerprint density at radius 1 is 0.889 bits per heavy atom. The van der Waals surface area contributed by atoms with Gasteiger partial charge < -0.3 is 4.74 Å². The number of hydrogen-bond donors (Lipinski definition) is 0. The summed E-state index contributed by atoms with van der Waals surface area (Å²) >= 11 is 5.83. The second kappa shape index (κ2) is 8.29. The van der Waals surface area contributed by atoms with Crippen molar-refractivity contribution < 1.29 is 14.5 Å². The number of ether oxygens (including phenoxy) is 1. The van der Waals surface area contributed by atoms with E-state index in [0.29, 0.717) is 22.1 Å². The lowest BCUT2D eigenvalue weighted by Gasteiger charge is -2.06. The molecule has 0 aromatic heterocycles. The van der Waals surface area contributed by atoms with E-state index in [1.54, 1.807) is 42.5 Å². The minimum atomic E-state index is -0.470. The molecule has 0 N–H and O–H groups in total. The zero-order chi connectivity index (χ0) is 19.2. The summed E-state index contributed by atoms with van der Waals surface area (Å²) in [6, 6.07) is 19.6. The first kappa shape index (κ1) is 18.4. The van der Waals surface area contributed by atoms with Crippen LogP contribution in [0.15, 0.2) is 78.9 Å². The Hall–Kier alpha value is -3.44. The summed E-state index contributed by atoms with van der Waals surface area (Å²) in [7, 11) is 0. The summed E-state index contributed by atoms with van der Waals surface area (Å²) in [5.74, 6) is 0.872. The van der Waals surface area contributed by atoms with E-state index in [-0.39, 0.29) is 11.5 Å². The van der Waals surface area contributed by atoms with Gasteiger partial charge in [0.1, 0.15) is 11.5 Å². The van der Waals surface area contributed by atoms with Crippen LogP contribution in [0.3, 0.4) is 0 Å². The first-order valence-corrected chi connectivity index (χ1v) is 8.39. The van der Waals surface area contributed by atoms with Crippen molar-refractivity contribution in [3.05, 3.63) is 105 Å². The average molecular weight is 380 g/mol. The Morgan fingerprint density at radius 2 is 1.44 bits per heavy atom. The third-order valence-corrected chi connectivity index (χ3v) is 3.97. The molecule has 0 radical (unpaired) electrons. The van der Waals surface area contributed by atoms with Gasteiger partial charge in [0, 0.05) is 22.7 Å². The molecule has 134 valence electrons. The van der Waals surface area contributed by atoms with Gasteiger partial charge in [-0.2, -0.15) is 0 Å². The monoisotopic (exact) mass is 379 g/mol. The van der Waals surface area contributed by atoms with Crippen molar-refractivity contribution >= 4 is 29.1 Å². The van der Waals surface area contributed by atoms with Crippen LogP contribution >= 0.6 is 11.6 Å². The topological polar surface area (TPSA) is 69.4 Å². The van der Waals surface area contributed by atoms with Crippen molar-refractivity contribution in [3.8, 4) is 11.5 Å². The van der Waals surface area contributed by atoms with Gasteiger partial charge in [-0.3, -0.25) is 14.9 Å². The number of allylic oxidation sites excluding steroid dienone is 1. The molecule has 0 fully saturated rings. The minimum Gasteiger partial charge on any atom is -0.457 e. The van der Waals surface area contributed by atoms with Gasteiger partial charge in [0.25, 0.3) is 5.69 Å². The average Bonchev–Trinajstić information content (AvgIpc) is 2.68. The van der Waals surface area contributed by atoms with Crippen LogP contribution in [-0.4, -0.2) is 10.7 Å². The van der Waals surface area contributed by atoms with Gasteiger partial charge >= 0.3 is 0 Å². The molecule has 0 saturated carbocycles. The minimum absolute atomic E-state index is 0.00392. The molecular formula is C21H14ClNO4. The van der Waals surface area contributed by atoms with Gasteiger partial charge in [0.05, 0.1) is 4.92 Å². The summed E-state index contributed by atoms with van der Waals surface area (Å²) in [5, 5.41) is 11.3. The van der Waals surface area contributed by atoms with Gasteiger partial charge in [0.2, 0.25) is 0 Å². The van der Waals surface area contributed by atoms with E-state index in [0.717, 1.165) is 5.56 Å². The lowest BCUT2D eigenvalue weighted by molar-refractivity contribution is -0.384. The molecule has 0 amide bonds. The maximum atomic E-state index is 12.2. The van der Waals surface area contributed by atoms with E-state index in [2.05, 4.69) is 0 Å². The molecule has 0 bridgehead atoms. The highest BCUT2D eigenvalue weighted by atomic mass is 35.5. The summed E-state index contributed by atoms with van der Waals surface area (Å²) in [4.78, 5) is 22.4. The van der Waals surface area contributed by atoms with Crippen LogP contribution in [-0.2, 0) is 0 Å². The molecule has 3 rings (SSSR count). The van der Waals surface area contributed by atoms with Crippen LogP contribution in [0, 0.1) is 10.1 Å². The van der Waals surface area contributed by atoms with Crippen LogP contribution in [0.1, 0.15) is 15.9 Å². The molecule has 0 aliphatic rings. The number of nitrogens with zero attached hydrogens (tertiary/aromatic N) is 1. The molecule has 5 nitrogen and oxygen atoms in total. The van der Waals surface area contributed by atoms with Gasteiger partial charge in [-0.05, 0) is 60.2 Å². The summed E-state index contributed by atoms with van der Waals surface area (Å²) in [6.45, 7) is 0. The van der Waals surface area contributed by atoms with Crippen LogP contribution in [0.5, 0.6) is 11.5 Å². The zero-order valence-electron chi connectivity index (χ0n) is 14.0.